The van der Waals surface area contributed by atoms with Gasteiger partial charge in [-0.3, -0.25) is 4.90 Å². The topological polar surface area (TPSA) is 63.4 Å². The maximum atomic E-state index is 11.5. The van der Waals surface area contributed by atoms with Gasteiger partial charge in [0.1, 0.15) is 0 Å². The van der Waals surface area contributed by atoms with E-state index in [1.807, 2.05) is 0 Å². The molecular weight excluding hydrogens is 236 g/mol. The summed E-state index contributed by atoms with van der Waals surface area (Å²) in [4.78, 5) is 2.31. The van der Waals surface area contributed by atoms with Crippen LogP contribution in [0.1, 0.15) is 32.1 Å². The Hall–Kier alpha value is -0.130. The summed E-state index contributed by atoms with van der Waals surface area (Å²) in [7, 11) is -0.689. The molecule has 0 spiro atoms. The van der Waals surface area contributed by atoms with Gasteiger partial charge in [-0.2, -0.15) is 0 Å². The van der Waals surface area contributed by atoms with Crippen molar-refractivity contribution in [2.75, 3.05) is 25.1 Å². The average Bonchev–Trinajstić information content (AvgIpc) is 2.68. The Kier molecular flexibility index (Phi) is 4.10. The van der Waals surface area contributed by atoms with E-state index in [9.17, 15) is 8.42 Å². The largest absolute Gasteiger partial charge is 0.330 e. The van der Waals surface area contributed by atoms with Crippen LogP contribution in [0.3, 0.4) is 0 Å². The summed E-state index contributed by atoms with van der Waals surface area (Å²) in [5.74, 6) is 1.26. The summed E-state index contributed by atoms with van der Waals surface area (Å²) in [5, 5.41) is 0. The smallest absolute Gasteiger partial charge is 0.151 e. The predicted octanol–water partition coefficient (Wildman–Crippen LogP) is 0.623. The van der Waals surface area contributed by atoms with Gasteiger partial charge in [0.05, 0.1) is 11.5 Å². The maximum absolute atomic E-state index is 11.5. The molecule has 3 atom stereocenters. The molecule has 5 heteroatoms. The summed E-state index contributed by atoms with van der Waals surface area (Å²) in [6.45, 7) is 0.731. The molecule has 0 bridgehead atoms. The lowest BCUT2D eigenvalue weighted by Gasteiger charge is -2.40. The van der Waals surface area contributed by atoms with E-state index in [1.54, 1.807) is 0 Å². The van der Waals surface area contributed by atoms with Crippen molar-refractivity contribution in [3.05, 3.63) is 0 Å². The Labute approximate surface area is 104 Å². The second kappa shape index (κ2) is 5.24. The van der Waals surface area contributed by atoms with Crippen molar-refractivity contribution in [3.63, 3.8) is 0 Å². The fraction of sp³-hybridized carbons (Fsp3) is 1.00. The van der Waals surface area contributed by atoms with E-state index in [0.717, 1.165) is 13.0 Å². The van der Waals surface area contributed by atoms with Crippen LogP contribution in [-0.2, 0) is 9.84 Å². The fourth-order valence-corrected chi connectivity index (χ4v) is 5.15. The molecule has 2 rings (SSSR count). The zero-order valence-corrected chi connectivity index (χ0v) is 11.5. The van der Waals surface area contributed by atoms with Crippen molar-refractivity contribution >= 4 is 9.84 Å². The lowest BCUT2D eigenvalue weighted by Crippen LogP contribution is -2.48. The number of hydrogen-bond donors (Lipinski definition) is 1. The van der Waals surface area contributed by atoms with Crippen LogP contribution < -0.4 is 5.73 Å². The van der Waals surface area contributed by atoms with Crippen molar-refractivity contribution in [1.82, 2.24) is 4.90 Å². The van der Waals surface area contributed by atoms with Gasteiger partial charge in [-0.15, -0.1) is 0 Å². The minimum absolute atomic E-state index is 0.220. The molecule has 2 N–H and O–H groups in total. The number of hydrogen-bond acceptors (Lipinski definition) is 4. The predicted molar refractivity (Wildman–Crippen MR) is 69.6 cm³/mol. The van der Waals surface area contributed by atoms with Gasteiger partial charge in [0.15, 0.2) is 9.84 Å². The first-order valence-electron chi connectivity index (χ1n) is 6.66. The molecule has 4 nitrogen and oxygen atoms in total. The van der Waals surface area contributed by atoms with Gasteiger partial charge in [-0.05, 0) is 38.8 Å². The summed E-state index contributed by atoms with van der Waals surface area (Å²) in [6.07, 6.45) is 5.70. The highest BCUT2D eigenvalue weighted by Gasteiger charge is 2.36. The molecule has 2 aliphatic rings. The van der Waals surface area contributed by atoms with Crippen molar-refractivity contribution in [1.29, 1.82) is 0 Å². The molecule has 1 heterocycles. The second-order valence-electron chi connectivity index (χ2n) is 5.57. The Morgan fingerprint density at radius 3 is 2.53 bits per heavy atom. The lowest BCUT2D eigenvalue weighted by atomic mass is 9.83. The zero-order valence-electron chi connectivity index (χ0n) is 10.6. The Bertz CT molecular complexity index is 356. The van der Waals surface area contributed by atoms with Crippen molar-refractivity contribution < 1.29 is 8.42 Å². The van der Waals surface area contributed by atoms with Gasteiger partial charge >= 0.3 is 0 Å². The highest BCUT2D eigenvalue weighted by atomic mass is 32.2. The quantitative estimate of drug-likeness (QED) is 0.808. The second-order valence-corrected chi connectivity index (χ2v) is 7.80. The number of nitrogens with zero attached hydrogens (tertiary/aromatic N) is 1. The van der Waals surface area contributed by atoms with Crippen LogP contribution in [0, 0.1) is 5.92 Å². The van der Waals surface area contributed by atoms with Gasteiger partial charge < -0.3 is 5.73 Å². The van der Waals surface area contributed by atoms with Crippen molar-refractivity contribution in [3.8, 4) is 0 Å². The van der Waals surface area contributed by atoms with Crippen molar-refractivity contribution in [2.45, 2.75) is 44.2 Å². The molecule has 1 saturated heterocycles. The van der Waals surface area contributed by atoms with E-state index in [-0.39, 0.29) is 6.04 Å². The van der Waals surface area contributed by atoms with Gasteiger partial charge in [0, 0.05) is 12.1 Å². The van der Waals surface area contributed by atoms with Gasteiger partial charge in [-0.25, -0.2) is 8.42 Å². The van der Waals surface area contributed by atoms with Gasteiger partial charge in [0.2, 0.25) is 0 Å². The molecule has 0 radical (unpaired) electrons. The molecule has 2 fully saturated rings. The van der Waals surface area contributed by atoms with E-state index < -0.39 is 9.84 Å². The molecular formula is C12H24N2O2S. The average molecular weight is 260 g/mol. The van der Waals surface area contributed by atoms with E-state index in [0.29, 0.717) is 23.5 Å². The lowest BCUT2D eigenvalue weighted by molar-refractivity contribution is 0.101. The van der Waals surface area contributed by atoms with Crippen LogP contribution in [0.4, 0.5) is 0 Å². The van der Waals surface area contributed by atoms with Crippen LogP contribution in [-0.4, -0.2) is 50.5 Å². The van der Waals surface area contributed by atoms with Crippen molar-refractivity contribution in [2.24, 2.45) is 11.7 Å². The normalized spacial score (nSPS) is 37.5. The summed E-state index contributed by atoms with van der Waals surface area (Å²) < 4.78 is 23.1. The first kappa shape index (κ1) is 13.3. The summed E-state index contributed by atoms with van der Waals surface area (Å²) in [6, 6.07) is 0.712. The van der Waals surface area contributed by atoms with Crippen LogP contribution in [0.2, 0.25) is 0 Å². The van der Waals surface area contributed by atoms with Gasteiger partial charge in [0.25, 0.3) is 0 Å². The third-order valence-corrected chi connectivity index (χ3v) is 6.23. The van der Waals surface area contributed by atoms with E-state index in [4.69, 9.17) is 5.73 Å². The highest BCUT2D eigenvalue weighted by molar-refractivity contribution is 7.91. The molecule has 0 amide bonds. The summed E-state index contributed by atoms with van der Waals surface area (Å²) in [5.41, 5.74) is 5.84. The minimum Gasteiger partial charge on any atom is -0.330 e. The molecule has 17 heavy (non-hydrogen) atoms. The number of sulfone groups is 1. The monoisotopic (exact) mass is 260 g/mol. The standard InChI is InChI=1S/C12H24N2O2S/c1-14(11-6-7-17(15,16)9-11)12-5-3-2-4-10(12)8-13/h10-12H,2-9,13H2,1H3. The molecule has 0 aromatic heterocycles. The Morgan fingerprint density at radius 2 is 1.94 bits per heavy atom. The molecule has 0 aromatic rings. The molecule has 100 valence electrons. The van der Waals surface area contributed by atoms with Crippen LogP contribution in [0.15, 0.2) is 0 Å². The van der Waals surface area contributed by atoms with Crippen LogP contribution in [0.25, 0.3) is 0 Å². The molecule has 1 aliphatic carbocycles. The van der Waals surface area contributed by atoms with Gasteiger partial charge in [-0.1, -0.05) is 12.8 Å². The zero-order chi connectivity index (χ0) is 12.5. The van der Waals surface area contributed by atoms with E-state index in [2.05, 4.69) is 11.9 Å². The number of nitrogens with two attached hydrogens (primary N) is 1. The third-order valence-electron chi connectivity index (χ3n) is 4.48. The molecule has 1 aliphatic heterocycles. The highest BCUT2D eigenvalue weighted by Crippen LogP contribution is 2.30. The van der Waals surface area contributed by atoms with E-state index >= 15 is 0 Å². The first-order valence-corrected chi connectivity index (χ1v) is 8.48. The van der Waals surface area contributed by atoms with Crippen LogP contribution in [0.5, 0.6) is 0 Å². The number of rotatable bonds is 3. The Balaban J connectivity index is 2.01. The molecule has 0 aromatic carbocycles. The molecule has 3 unspecified atom stereocenters. The Morgan fingerprint density at radius 1 is 1.24 bits per heavy atom. The SMILES string of the molecule is CN(C1CCS(=O)(=O)C1)C1CCCCC1CN. The third kappa shape index (κ3) is 3.01. The summed E-state index contributed by atoms with van der Waals surface area (Å²) >= 11 is 0. The van der Waals surface area contributed by atoms with E-state index in [1.165, 1.54) is 25.7 Å². The fourth-order valence-electron chi connectivity index (χ4n) is 3.37. The minimum atomic E-state index is -2.78. The first-order chi connectivity index (χ1) is 8.03. The molecule has 1 saturated carbocycles. The van der Waals surface area contributed by atoms with Crippen LogP contribution >= 0.6 is 0 Å². The maximum Gasteiger partial charge on any atom is 0.151 e.